The lowest BCUT2D eigenvalue weighted by Gasteiger charge is -2.34. The second kappa shape index (κ2) is 10.8. The fraction of sp³-hybridized carbons (Fsp3) is 0.286. The fourth-order valence-corrected chi connectivity index (χ4v) is 3.99. The van der Waals surface area contributed by atoms with Crippen LogP contribution < -0.4 is 15.0 Å². The topological polar surface area (TPSA) is 89.4 Å². The van der Waals surface area contributed by atoms with Crippen molar-refractivity contribution >= 4 is 28.5 Å². The molecule has 4 aromatic rings. The highest BCUT2D eigenvalue weighted by Crippen LogP contribution is 2.32. The number of hydrogen-bond acceptors (Lipinski definition) is 5. The molecular formula is C28H30FN5O3. The number of methoxy groups -OCH3 is 1. The molecule has 1 heterocycles. The number of rotatable bonds is 9. The van der Waals surface area contributed by atoms with Crippen LogP contribution in [0.15, 0.2) is 72.8 Å². The summed E-state index contributed by atoms with van der Waals surface area (Å²) in [6, 6.07) is 18.7. The molecule has 9 heteroatoms. The number of halogens is 1. The van der Waals surface area contributed by atoms with Gasteiger partial charge in [-0.2, -0.15) is 0 Å². The molecule has 0 saturated carbocycles. The molecule has 192 valence electrons. The Bertz CT molecular complexity index is 1400. The van der Waals surface area contributed by atoms with E-state index in [0.29, 0.717) is 34.5 Å². The third-order valence-corrected chi connectivity index (χ3v) is 6.34. The largest absolute Gasteiger partial charge is 0.497 e. The molecule has 8 nitrogen and oxygen atoms in total. The first-order valence-electron chi connectivity index (χ1n) is 12.0. The first-order chi connectivity index (χ1) is 17.7. The minimum atomic E-state index is -1.08. The fourth-order valence-electron chi connectivity index (χ4n) is 3.99. The Hall–Kier alpha value is -4.27. The maximum Gasteiger partial charge on any atom is 0.249 e. The first-order valence-corrected chi connectivity index (χ1v) is 12.0. The summed E-state index contributed by atoms with van der Waals surface area (Å²) < 4.78 is 20.7. The van der Waals surface area contributed by atoms with Gasteiger partial charge in [0.05, 0.1) is 12.6 Å². The van der Waals surface area contributed by atoms with Crippen molar-refractivity contribution in [3.05, 3.63) is 84.2 Å². The predicted molar refractivity (Wildman–Crippen MR) is 140 cm³/mol. The number of nitrogens with one attached hydrogen (secondary N) is 1. The molecule has 2 amide bonds. The highest BCUT2D eigenvalue weighted by molar-refractivity contribution is 6.01. The van der Waals surface area contributed by atoms with Crippen molar-refractivity contribution in [1.82, 2.24) is 20.3 Å². The van der Waals surface area contributed by atoms with Gasteiger partial charge in [0.2, 0.25) is 11.8 Å². The number of fused-ring (bicyclic) bond motifs is 1. The van der Waals surface area contributed by atoms with E-state index in [2.05, 4.69) is 15.6 Å². The van der Waals surface area contributed by atoms with Crippen molar-refractivity contribution in [1.29, 1.82) is 0 Å². The number of amides is 2. The molecule has 3 aromatic carbocycles. The lowest BCUT2D eigenvalue weighted by molar-refractivity contribution is -0.128. The van der Waals surface area contributed by atoms with Crippen LogP contribution in [0.4, 0.5) is 10.1 Å². The van der Waals surface area contributed by atoms with Crippen LogP contribution >= 0.6 is 0 Å². The lowest BCUT2D eigenvalue weighted by atomic mass is 9.98. The lowest BCUT2D eigenvalue weighted by Crippen LogP contribution is -2.51. The molecule has 1 unspecified atom stereocenters. The van der Waals surface area contributed by atoms with Crippen molar-refractivity contribution in [2.45, 2.75) is 45.3 Å². The van der Waals surface area contributed by atoms with E-state index in [0.717, 1.165) is 0 Å². The molecule has 0 aliphatic carbocycles. The summed E-state index contributed by atoms with van der Waals surface area (Å²) in [4.78, 5) is 29.3. The normalized spacial score (nSPS) is 12.2. The Kier molecular flexibility index (Phi) is 7.52. The highest BCUT2D eigenvalue weighted by atomic mass is 19.1. The van der Waals surface area contributed by atoms with E-state index in [1.54, 1.807) is 24.3 Å². The van der Waals surface area contributed by atoms with Gasteiger partial charge >= 0.3 is 0 Å². The summed E-state index contributed by atoms with van der Waals surface area (Å²) in [5, 5.41) is 11.3. The SMILES string of the molecule is CCC(C)(C)NC(=O)C(c1ccc(F)cc1)N(C(=O)Cn1nnc2ccccc21)c1cccc(OC)c1. The van der Waals surface area contributed by atoms with E-state index in [1.165, 1.54) is 41.0 Å². The molecule has 37 heavy (non-hydrogen) atoms. The van der Waals surface area contributed by atoms with Crippen molar-refractivity contribution in [3.63, 3.8) is 0 Å². The molecule has 0 radical (unpaired) electrons. The summed E-state index contributed by atoms with van der Waals surface area (Å²) >= 11 is 0. The molecule has 0 aliphatic heterocycles. The Balaban J connectivity index is 1.83. The van der Waals surface area contributed by atoms with Gasteiger partial charge in [0.1, 0.15) is 29.7 Å². The van der Waals surface area contributed by atoms with Crippen molar-refractivity contribution in [2.24, 2.45) is 0 Å². The molecule has 0 saturated heterocycles. The van der Waals surface area contributed by atoms with E-state index in [1.807, 2.05) is 45.0 Å². The maximum absolute atomic E-state index is 14.0. The average molecular weight is 504 g/mol. The summed E-state index contributed by atoms with van der Waals surface area (Å²) in [6.45, 7) is 5.62. The van der Waals surface area contributed by atoms with Crippen LogP contribution in [0.5, 0.6) is 5.75 Å². The van der Waals surface area contributed by atoms with Crippen molar-refractivity contribution in [2.75, 3.05) is 12.0 Å². The molecule has 0 aliphatic rings. The summed E-state index contributed by atoms with van der Waals surface area (Å²) in [6.07, 6.45) is 0.674. The number of carbonyl (C=O) groups is 2. The molecule has 0 spiro atoms. The average Bonchev–Trinajstić information content (AvgIpc) is 3.30. The van der Waals surface area contributed by atoms with E-state index < -0.39 is 29.2 Å². The second-order valence-electron chi connectivity index (χ2n) is 9.38. The van der Waals surface area contributed by atoms with Crippen LogP contribution in [0, 0.1) is 5.82 Å². The second-order valence-corrected chi connectivity index (χ2v) is 9.38. The summed E-state index contributed by atoms with van der Waals surface area (Å²) in [7, 11) is 1.53. The Labute approximate surface area is 215 Å². The predicted octanol–water partition coefficient (Wildman–Crippen LogP) is 4.66. The third kappa shape index (κ3) is 5.77. The van der Waals surface area contributed by atoms with Crippen LogP contribution in [-0.2, 0) is 16.1 Å². The molecule has 1 N–H and O–H groups in total. The molecule has 1 atom stereocenters. The summed E-state index contributed by atoms with van der Waals surface area (Å²) in [5.74, 6) is -0.709. The van der Waals surface area contributed by atoms with E-state index >= 15 is 0 Å². The van der Waals surface area contributed by atoms with Crippen LogP contribution in [-0.4, -0.2) is 39.5 Å². The molecular weight excluding hydrogens is 473 g/mol. The Morgan fingerprint density at radius 1 is 1.08 bits per heavy atom. The smallest absolute Gasteiger partial charge is 0.249 e. The first kappa shape index (κ1) is 25.8. The number of para-hydroxylation sites is 1. The van der Waals surface area contributed by atoms with E-state index in [9.17, 15) is 14.0 Å². The zero-order chi connectivity index (χ0) is 26.6. The van der Waals surface area contributed by atoms with Crippen molar-refractivity contribution in [3.8, 4) is 5.75 Å². The van der Waals surface area contributed by atoms with Gasteiger partial charge in [-0.05, 0) is 62.2 Å². The molecule has 4 rings (SSSR count). The number of carbonyl (C=O) groups excluding carboxylic acids is 2. The maximum atomic E-state index is 14.0. The molecule has 0 fully saturated rings. The van der Waals surface area contributed by atoms with Crippen LogP contribution in [0.25, 0.3) is 11.0 Å². The zero-order valence-corrected chi connectivity index (χ0v) is 21.3. The Morgan fingerprint density at radius 2 is 1.81 bits per heavy atom. The molecule has 1 aromatic heterocycles. The van der Waals surface area contributed by atoms with Gasteiger partial charge in [-0.1, -0.05) is 42.5 Å². The van der Waals surface area contributed by atoms with Gasteiger partial charge in [0, 0.05) is 17.3 Å². The Morgan fingerprint density at radius 3 is 2.51 bits per heavy atom. The van der Waals surface area contributed by atoms with Gasteiger partial charge in [-0.25, -0.2) is 9.07 Å². The van der Waals surface area contributed by atoms with Gasteiger partial charge in [0.15, 0.2) is 0 Å². The van der Waals surface area contributed by atoms with Gasteiger partial charge in [0.25, 0.3) is 0 Å². The monoisotopic (exact) mass is 503 g/mol. The number of nitrogens with zero attached hydrogens (tertiary/aromatic N) is 4. The number of ether oxygens (including phenoxy) is 1. The number of aromatic nitrogens is 3. The van der Waals surface area contributed by atoms with Gasteiger partial charge in [-0.15, -0.1) is 5.10 Å². The number of benzene rings is 3. The third-order valence-electron chi connectivity index (χ3n) is 6.34. The zero-order valence-electron chi connectivity index (χ0n) is 21.3. The molecule has 0 bridgehead atoms. The standard InChI is InChI=1S/C28H30FN5O3/c1-5-28(2,3)30-27(36)26(19-13-15-20(29)16-14-19)34(21-9-8-10-22(17-21)37-4)25(35)18-33-24-12-7-6-11-23(24)31-32-33/h6-17,26H,5,18H2,1-4H3,(H,30,36). The van der Waals surface area contributed by atoms with Crippen molar-refractivity contribution < 1.29 is 18.7 Å². The number of anilines is 1. The minimum absolute atomic E-state index is 0.167. The number of hydrogen-bond donors (Lipinski definition) is 1. The van der Waals surface area contributed by atoms with Gasteiger partial charge in [-0.3, -0.25) is 14.5 Å². The van der Waals surface area contributed by atoms with Crippen LogP contribution in [0.2, 0.25) is 0 Å². The quantitative estimate of drug-likeness (QED) is 0.359. The van der Waals surface area contributed by atoms with Gasteiger partial charge < -0.3 is 10.1 Å². The minimum Gasteiger partial charge on any atom is -0.497 e. The van der Waals surface area contributed by atoms with Crippen LogP contribution in [0.1, 0.15) is 38.8 Å². The summed E-state index contributed by atoms with van der Waals surface area (Å²) in [5.41, 5.74) is 1.73. The van der Waals surface area contributed by atoms with E-state index in [-0.39, 0.29) is 6.54 Å². The highest BCUT2D eigenvalue weighted by Gasteiger charge is 2.35. The van der Waals surface area contributed by atoms with Crippen LogP contribution in [0.3, 0.4) is 0 Å². The van der Waals surface area contributed by atoms with E-state index in [4.69, 9.17) is 4.74 Å².